The molecule has 0 aliphatic heterocycles. The highest BCUT2D eigenvalue weighted by atomic mass is 16.6. The molecular formula is C20H16N4O3. The molecule has 0 unspecified atom stereocenters. The Balaban J connectivity index is 1.82. The van der Waals surface area contributed by atoms with Crippen molar-refractivity contribution in [2.75, 3.05) is 0 Å². The third-order valence-corrected chi connectivity index (χ3v) is 4.62. The first kappa shape index (κ1) is 16.7. The number of hydrogen-bond donors (Lipinski definition) is 0. The first-order valence-electron chi connectivity index (χ1n) is 8.37. The molecule has 0 saturated carbocycles. The summed E-state index contributed by atoms with van der Waals surface area (Å²) in [5.74, 6) is -0.244. The zero-order valence-electron chi connectivity index (χ0n) is 14.8. The van der Waals surface area contributed by atoms with E-state index in [4.69, 9.17) is 0 Å². The van der Waals surface area contributed by atoms with Crippen LogP contribution in [-0.2, 0) is 7.05 Å². The summed E-state index contributed by atoms with van der Waals surface area (Å²) in [5, 5.41) is 15.7. The highest BCUT2D eigenvalue weighted by Gasteiger charge is 2.21. The summed E-state index contributed by atoms with van der Waals surface area (Å²) in [7, 11) is 1.89. The molecule has 0 aliphatic carbocycles. The van der Waals surface area contributed by atoms with E-state index < -0.39 is 4.92 Å². The number of nitro benzene ring substituents is 1. The van der Waals surface area contributed by atoms with Crippen LogP contribution in [0.15, 0.2) is 54.6 Å². The van der Waals surface area contributed by atoms with Crippen molar-refractivity contribution >= 4 is 34.2 Å². The van der Waals surface area contributed by atoms with Gasteiger partial charge in [-0.05, 0) is 37.3 Å². The minimum Gasteiger partial charge on any atom is -0.327 e. The predicted octanol–water partition coefficient (Wildman–Crippen LogP) is 3.94. The first-order valence-corrected chi connectivity index (χ1v) is 8.37. The lowest BCUT2D eigenvalue weighted by Gasteiger charge is -1.99. The second-order valence-electron chi connectivity index (χ2n) is 6.26. The predicted molar refractivity (Wildman–Crippen MR) is 103 cm³/mol. The van der Waals surface area contributed by atoms with Gasteiger partial charge in [-0.25, -0.2) is 4.52 Å². The van der Waals surface area contributed by atoms with Gasteiger partial charge >= 0.3 is 0 Å². The summed E-state index contributed by atoms with van der Waals surface area (Å²) in [4.78, 5) is 23.6. The van der Waals surface area contributed by atoms with E-state index in [0.717, 1.165) is 11.0 Å². The van der Waals surface area contributed by atoms with Gasteiger partial charge in [0.1, 0.15) is 5.65 Å². The lowest BCUT2D eigenvalue weighted by molar-refractivity contribution is -0.385. The molecule has 4 aromatic rings. The van der Waals surface area contributed by atoms with Gasteiger partial charge in [0.05, 0.1) is 32.8 Å². The number of aryl methyl sites for hydroxylation is 2. The lowest BCUT2D eigenvalue weighted by Crippen LogP contribution is -2.00. The van der Waals surface area contributed by atoms with Crippen LogP contribution in [-0.4, -0.2) is 24.9 Å². The van der Waals surface area contributed by atoms with E-state index in [9.17, 15) is 14.9 Å². The highest BCUT2D eigenvalue weighted by Crippen LogP contribution is 2.25. The van der Waals surface area contributed by atoms with E-state index in [0.29, 0.717) is 22.5 Å². The second-order valence-corrected chi connectivity index (χ2v) is 6.26. The topological polar surface area (TPSA) is 82.4 Å². The van der Waals surface area contributed by atoms with E-state index in [-0.39, 0.29) is 11.5 Å². The Morgan fingerprint density at radius 3 is 2.52 bits per heavy atom. The van der Waals surface area contributed by atoms with Gasteiger partial charge in [-0.2, -0.15) is 5.10 Å². The van der Waals surface area contributed by atoms with Crippen LogP contribution in [0.2, 0.25) is 0 Å². The quantitative estimate of drug-likeness (QED) is 0.239. The molecule has 2 heterocycles. The molecule has 27 heavy (non-hydrogen) atoms. The van der Waals surface area contributed by atoms with Crippen molar-refractivity contribution in [3.63, 3.8) is 0 Å². The monoisotopic (exact) mass is 360 g/mol. The Bertz CT molecular complexity index is 1250. The highest BCUT2D eigenvalue weighted by molar-refractivity contribution is 6.12. The van der Waals surface area contributed by atoms with Gasteiger partial charge in [0.25, 0.3) is 5.69 Å². The number of fused-ring (bicyclic) bond motifs is 3. The van der Waals surface area contributed by atoms with Crippen LogP contribution in [0, 0.1) is 17.0 Å². The fraction of sp³-hybridized carbons (Fsp3) is 0.100. The lowest BCUT2D eigenvalue weighted by atomic mass is 10.1. The minimum atomic E-state index is -0.461. The molecule has 0 aliphatic rings. The smallest absolute Gasteiger partial charge is 0.276 e. The average Bonchev–Trinajstić information content (AvgIpc) is 3.14. The fourth-order valence-corrected chi connectivity index (χ4v) is 3.37. The molecule has 0 atom stereocenters. The van der Waals surface area contributed by atoms with Crippen LogP contribution in [0.25, 0.3) is 22.8 Å². The number of hydrogen-bond acceptors (Lipinski definition) is 4. The van der Waals surface area contributed by atoms with Crippen molar-refractivity contribution in [3.05, 3.63) is 81.5 Å². The number of allylic oxidation sites excluding steroid dienone is 1. The minimum absolute atomic E-state index is 0.0389. The van der Waals surface area contributed by atoms with Gasteiger partial charge in [-0.15, -0.1) is 0 Å². The van der Waals surface area contributed by atoms with Crippen LogP contribution < -0.4 is 0 Å². The number of nitro groups is 1. The zero-order valence-corrected chi connectivity index (χ0v) is 14.8. The van der Waals surface area contributed by atoms with Crippen LogP contribution in [0.5, 0.6) is 0 Å². The molecule has 4 rings (SSSR count). The van der Waals surface area contributed by atoms with Crippen molar-refractivity contribution in [1.29, 1.82) is 0 Å². The molecule has 0 spiro atoms. The van der Waals surface area contributed by atoms with E-state index in [1.807, 2.05) is 35.9 Å². The Morgan fingerprint density at radius 1 is 1.11 bits per heavy atom. The zero-order chi connectivity index (χ0) is 19.1. The number of para-hydroxylation sites is 3. The van der Waals surface area contributed by atoms with E-state index >= 15 is 0 Å². The maximum atomic E-state index is 12.9. The Kier molecular flexibility index (Phi) is 3.84. The Labute approximate surface area is 154 Å². The standard InChI is InChI=1S/C20H16N4O3/c1-13-19(18(25)12-11-14-7-3-4-8-15(14)24(26)27)20-22(2)16-9-5-6-10-17(16)23(20)21-13/h3-12H,1-2H3. The largest absolute Gasteiger partial charge is 0.327 e. The first-order chi connectivity index (χ1) is 13.0. The summed E-state index contributed by atoms with van der Waals surface area (Å²) in [5.41, 5.74) is 4.03. The molecule has 0 bridgehead atoms. The van der Waals surface area contributed by atoms with Crippen LogP contribution in [0.3, 0.4) is 0 Å². The SMILES string of the molecule is Cc1nn2c3ccccc3n(C)c2c1C(=O)C=Cc1ccccc1[N+](=O)[O-]. The number of carbonyl (C=O) groups is 1. The molecule has 7 heteroatoms. The summed E-state index contributed by atoms with van der Waals surface area (Å²) in [6.45, 7) is 1.79. The molecule has 134 valence electrons. The van der Waals surface area contributed by atoms with Crippen molar-refractivity contribution < 1.29 is 9.72 Å². The van der Waals surface area contributed by atoms with Crippen molar-refractivity contribution in [2.24, 2.45) is 7.05 Å². The third-order valence-electron chi connectivity index (χ3n) is 4.62. The van der Waals surface area contributed by atoms with Gasteiger partial charge < -0.3 is 4.57 Å². The number of aromatic nitrogens is 3. The van der Waals surface area contributed by atoms with Crippen molar-refractivity contribution in [2.45, 2.75) is 6.92 Å². The normalized spacial score (nSPS) is 11.6. The number of benzene rings is 2. The van der Waals surface area contributed by atoms with Crippen LogP contribution >= 0.6 is 0 Å². The summed E-state index contributed by atoms with van der Waals surface area (Å²) >= 11 is 0. The third kappa shape index (κ3) is 2.60. The Hall–Kier alpha value is -3.74. The summed E-state index contributed by atoms with van der Waals surface area (Å²) in [6, 6.07) is 14.1. The van der Waals surface area contributed by atoms with Crippen LogP contribution in [0.1, 0.15) is 21.6 Å². The Morgan fingerprint density at radius 2 is 1.78 bits per heavy atom. The number of imidazole rings is 1. The molecule has 0 N–H and O–H groups in total. The molecule has 2 aromatic carbocycles. The van der Waals surface area contributed by atoms with Gasteiger partial charge in [0.2, 0.25) is 0 Å². The molecule has 0 saturated heterocycles. The maximum absolute atomic E-state index is 12.9. The summed E-state index contributed by atoms with van der Waals surface area (Å²) in [6.07, 6.45) is 2.84. The van der Waals surface area contributed by atoms with Gasteiger partial charge in [0.15, 0.2) is 5.78 Å². The molecule has 7 nitrogen and oxygen atoms in total. The van der Waals surface area contributed by atoms with E-state index in [2.05, 4.69) is 5.10 Å². The van der Waals surface area contributed by atoms with Crippen molar-refractivity contribution in [3.8, 4) is 0 Å². The van der Waals surface area contributed by atoms with Gasteiger partial charge in [-0.1, -0.05) is 24.3 Å². The average molecular weight is 360 g/mol. The van der Waals surface area contributed by atoms with Gasteiger partial charge in [0, 0.05) is 13.1 Å². The number of rotatable bonds is 4. The molecule has 0 radical (unpaired) electrons. The van der Waals surface area contributed by atoms with Crippen molar-refractivity contribution in [1.82, 2.24) is 14.2 Å². The fourth-order valence-electron chi connectivity index (χ4n) is 3.37. The molecule has 0 amide bonds. The molecule has 2 aromatic heterocycles. The summed E-state index contributed by atoms with van der Waals surface area (Å²) < 4.78 is 3.69. The van der Waals surface area contributed by atoms with Crippen LogP contribution in [0.4, 0.5) is 5.69 Å². The van der Waals surface area contributed by atoms with E-state index in [1.54, 1.807) is 29.6 Å². The van der Waals surface area contributed by atoms with Gasteiger partial charge in [-0.3, -0.25) is 14.9 Å². The second kappa shape index (κ2) is 6.21. The molecule has 0 fully saturated rings. The molecular weight excluding hydrogens is 344 g/mol. The number of nitrogens with zero attached hydrogens (tertiary/aromatic N) is 4. The number of carbonyl (C=O) groups excluding carboxylic acids is 1. The number of ketones is 1. The maximum Gasteiger partial charge on any atom is 0.276 e. The van der Waals surface area contributed by atoms with E-state index in [1.165, 1.54) is 18.2 Å².